The van der Waals surface area contributed by atoms with Gasteiger partial charge in [-0.3, -0.25) is 0 Å². The Morgan fingerprint density at radius 2 is 1.84 bits per heavy atom. The molecule has 2 aromatic carbocycles. The smallest absolute Gasteiger partial charge is 0.335 e. The molecule has 6 nitrogen and oxygen atoms in total. The SMILES string of the molecule is Cc1ccc(COC2CCCC(OCc3coc(-c4ccc(F)cc4)n3)C2)cc1C(=O)O. The van der Waals surface area contributed by atoms with Gasteiger partial charge in [0.25, 0.3) is 0 Å². The van der Waals surface area contributed by atoms with Gasteiger partial charge in [-0.25, -0.2) is 14.2 Å². The third-order valence-electron chi connectivity index (χ3n) is 5.71. The van der Waals surface area contributed by atoms with E-state index in [-0.39, 0.29) is 18.0 Å². The molecule has 2 atom stereocenters. The molecule has 0 radical (unpaired) electrons. The Bertz CT molecular complexity index is 1060. The number of carbonyl (C=O) groups is 1. The Hall–Kier alpha value is -3.03. The molecule has 1 aliphatic carbocycles. The second kappa shape index (κ2) is 10.1. The number of carboxylic acids is 1. The van der Waals surface area contributed by atoms with Crippen molar-refractivity contribution in [3.05, 3.63) is 76.9 Å². The predicted molar refractivity (Wildman–Crippen MR) is 116 cm³/mol. The highest BCUT2D eigenvalue weighted by molar-refractivity contribution is 5.89. The van der Waals surface area contributed by atoms with E-state index in [1.807, 2.05) is 12.1 Å². The van der Waals surface area contributed by atoms with Crippen molar-refractivity contribution in [2.75, 3.05) is 0 Å². The molecule has 1 aromatic heterocycles. The van der Waals surface area contributed by atoms with E-state index in [1.165, 1.54) is 12.1 Å². The zero-order valence-corrected chi connectivity index (χ0v) is 17.9. The highest BCUT2D eigenvalue weighted by Crippen LogP contribution is 2.26. The summed E-state index contributed by atoms with van der Waals surface area (Å²) in [6.45, 7) is 2.50. The van der Waals surface area contributed by atoms with Crippen LogP contribution in [0.15, 0.2) is 53.1 Å². The Labute approximate surface area is 186 Å². The van der Waals surface area contributed by atoms with Gasteiger partial charge in [-0.1, -0.05) is 12.1 Å². The average Bonchev–Trinajstić information content (AvgIpc) is 3.27. The van der Waals surface area contributed by atoms with Crippen LogP contribution in [0.5, 0.6) is 0 Å². The maximum absolute atomic E-state index is 13.1. The van der Waals surface area contributed by atoms with E-state index in [9.17, 15) is 14.3 Å². The van der Waals surface area contributed by atoms with Crippen molar-refractivity contribution < 1.29 is 28.2 Å². The molecule has 1 N–H and O–H groups in total. The molecule has 168 valence electrons. The molecule has 4 rings (SSSR count). The fourth-order valence-electron chi connectivity index (χ4n) is 3.91. The van der Waals surface area contributed by atoms with Gasteiger partial charge in [0.1, 0.15) is 17.8 Å². The van der Waals surface area contributed by atoms with Gasteiger partial charge in [-0.15, -0.1) is 0 Å². The first kappa shape index (κ1) is 22.2. The molecule has 32 heavy (non-hydrogen) atoms. The number of carboxylic acid groups (broad SMARTS) is 1. The van der Waals surface area contributed by atoms with Crippen LogP contribution in [0.3, 0.4) is 0 Å². The quantitative estimate of drug-likeness (QED) is 0.497. The van der Waals surface area contributed by atoms with Crippen LogP contribution >= 0.6 is 0 Å². The number of ether oxygens (including phenoxy) is 2. The molecular formula is C25H26FNO5. The lowest BCUT2D eigenvalue weighted by atomic mass is 9.94. The number of aromatic carboxylic acids is 1. The van der Waals surface area contributed by atoms with E-state index in [0.29, 0.717) is 35.9 Å². The molecule has 1 aliphatic rings. The van der Waals surface area contributed by atoms with Gasteiger partial charge in [0, 0.05) is 5.56 Å². The predicted octanol–water partition coefficient (Wildman–Crippen LogP) is 5.53. The molecule has 1 saturated carbocycles. The third-order valence-corrected chi connectivity index (χ3v) is 5.71. The van der Waals surface area contributed by atoms with Crippen LogP contribution in [0.1, 0.15) is 52.9 Å². The lowest BCUT2D eigenvalue weighted by Crippen LogP contribution is -2.28. The number of halogens is 1. The minimum atomic E-state index is -0.925. The molecule has 0 spiro atoms. The van der Waals surface area contributed by atoms with E-state index >= 15 is 0 Å². The van der Waals surface area contributed by atoms with E-state index in [4.69, 9.17) is 13.9 Å². The summed E-state index contributed by atoms with van der Waals surface area (Å²) in [5, 5.41) is 9.29. The molecule has 0 amide bonds. The number of aryl methyl sites for hydroxylation is 1. The van der Waals surface area contributed by atoms with Gasteiger partial charge in [0.15, 0.2) is 0 Å². The van der Waals surface area contributed by atoms with E-state index < -0.39 is 5.97 Å². The van der Waals surface area contributed by atoms with Crippen molar-refractivity contribution in [2.45, 2.75) is 58.0 Å². The first-order chi connectivity index (χ1) is 15.5. The number of aromatic nitrogens is 1. The van der Waals surface area contributed by atoms with Gasteiger partial charge < -0.3 is 19.0 Å². The second-order valence-corrected chi connectivity index (χ2v) is 8.14. The second-order valence-electron chi connectivity index (χ2n) is 8.14. The highest BCUT2D eigenvalue weighted by atomic mass is 19.1. The Morgan fingerprint density at radius 3 is 2.56 bits per heavy atom. The van der Waals surface area contributed by atoms with Crippen molar-refractivity contribution in [2.24, 2.45) is 0 Å². The molecule has 7 heteroatoms. The van der Waals surface area contributed by atoms with Gasteiger partial charge >= 0.3 is 5.97 Å². The van der Waals surface area contributed by atoms with Crippen molar-refractivity contribution in [1.29, 1.82) is 0 Å². The summed E-state index contributed by atoms with van der Waals surface area (Å²) in [6, 6.07) is 11.4. The van der Waals surface area contributed by atoms with Crippen LogP contribution in [-0.4, -0.2) is 28.3 Å². The van der Waals surface area contributed by atoms with Gasteiger partial charge in [-0.05, 0) is 74.1 Å². The molecule has 0 bridgehead atoms. The lowest BCUT2D eigenvalue weighted by molar-refractivity contribution is -0.0561. The largest absolute Gasteiger partial charge is 0.478 e. The van der Waals surface area contributed by atoms with Gasteiger partial charge in [-0.2, -0.15) is 0 Å². The number of benzene rings is 2. The summed E-state index contributed by atoms with van der Waals surface area (Å²) < 4.78 is 30.7. The Morgan fingerprint density at radius 1 is 1.12 bits per heavy atom. The summed E-state index contributed by atoms with van der Waals surface area (Å²) >= 11 is 0. The molecule has 1 heterocycles. The van der Waals surface area contributed by atoms with E-state index in [1.54, 1.807) is 31.4 Å². The maximum atomic E-state index is 13.1. The number of nitrogens with zero attached hydrogens (tertiary/aromatic N) is 1. The highest BCUT2D eigenvalue weighted by Gasteiger charge is 2.24. The summed E-state index contributed by atoms with van der Waals surface area (Å²) in [4.78, 5) is 15.7. The monoisotopic (exact) mass is 439 g/mol. The Balaban J connectivity index is 1.27. The summed E-state index contributed by atoms with van der Waals surface area (Å²) in [7, 11) is 0. The van der Waals surface area contributed by atoms with Crippen molar-refractivity contribution in [3.8, 4) is 11.5 Å². The molecule has 0 saturated heterocycles. The van der Waals surface area contributed by atoms with E-state index in [2.05, 4.69) is 4.98 Å². The molecule has 3 aromatic rings. The normalized spacial score (nSPS) is 18.6. The van der Waals surface area contributed by atoms with Crippen LogP contribution < -0.4 is 0 Å². The first-order valence-corrected chi connectivity index (χ1v) is 10.7. The average molecular weight is 439 g/mol. The molecule has 2 unspecified atom stereocenters. The fourth-order valence-corrected chi connectivity index (χ4v) is 3.91. The van der Waals surface area contributed by atoms with Crippen molar-refractivity contribution in [1.82, 2.24) is 4.98 Å². The van der Waals surface area contributed by atoms with E-state index in [0.717, 1.165) is 36.8 Å². The molecular weight excluding hydrogens is 413 g/mol. The van der Waals surface area contributed by atoms with Crippen molar-refractivity contribution in [3.63, 3.8) is 0 Å². The molecule has 1 fully saturated rings. The van der Waals surface area contributed by atoms with Crippen LogP contribution in [0, 0.1) is 12.7 Å². The number of rotatable bonds is 8. The number of oxazole rings is 1. The lowest BCUT2D eigenvalue weighted by Gasteiger charge is -2.29. The Kier molecular flexibility index (Phi) is 6.97. The minimum absolute atomic E-state index is 0.0623. The van der Waals surface area contributed by atoms with Crippen LogP contribution in [0.2, 0.25) is 0 Å². The summed E-state index contributed by atoms with van der Waals surface area (Å²) in [5.74, 6) is -0.791. The topological polar surface area (TPSA) is 81.8 Å². The summed E-state index contributed by atoms with van der Waals surface area (Å²) in [6.07, 6.45) is 5.38. The standard InChI is InChI=1S/C25H26FNO5/c1-16-5-6-17(11-23(16)25(28)29)13-30-21-3-2-4-22(12-21)31-14-20-15-32-24(27-20)18-7-9-19(26)10-8-18/h5-11,15,21-22H,2-4,12-14H2,1H3,(H,28,29). The van der Waals surface area contributed by atoms with Crippen LogP contribution in [0.4, 0.5) is 4.39 Å². The maximum Gasteiger partial charge on any atom is 0.335 e. The number of hydrogen-bond acceptors (Lipinski definition) is 5. The molecule has 0 aliphatic heterocycles. The zero-order valence-electron chi connectivity index (χ0n) is 17.9. The minimum Gasteiger partial charge on any atom is -0.478 e. The first-order valence-electron chi connectivity index (χ1n) is 10.7. The van der Waals surface area contributed by atoms with Gasteiger partial charge in [0.05, 0.1) is 31.0 Å². The van der Waals surface area contributed by atoms with Crippen LogP contribution in [-0.2, 0) is 22.7 Å². The zero-order chi connectivity index (χ0) is 22.5. The number of hydrogen-bond donors (Lipinski definition) is 1. The third kappa shape index (κ3) is 5.60. The van der Waals surface area contributed by atoms with Crippen LogP contribution in [0.25, 0.3) is 11.5 Å². The van der Waals surface area contributed by atoms with Crippen molar-refractivity contribution >= 4 is 5.97 Å². The van der Waals surface area contributed by atoms with Gasteiger partial charge in [0.2, 0.25) is 5.89 Å². The summed E-state index contributed by atoms with van der Waals surface area (Å²) in [5.41, 5.74) is 3.30. The fraction of sp³-hybridized carbons (Fsp3) is 0.360.